The number of aliphatic carboxylic acids is 1. The SMILES string of the molecule is O=C(Cc1ccccc1)NC(C(=O)[O-])C(O)c1ccc(N=Cc2ccccc2O)cc1. The van der Waals surface area contributed by atoms with Crippen molar-refractivity contribution < 1.29 is 24.9 Å². The molecule has 0 fully saturated rings. The summed E-state index contributed by atoms with van der Waals surface area (Å²) in [6, 6.07) is 20.2. The van der Waals surface area contributed by atoms with Crippen LogP contribution in [-0.4, -0.2) is 34.3 Å². The summed E-state index contributed by atoms with van der Waals surface area (Å²) in [4.78, 5) is 28.0. The molecular weight excluding hydrogens is 396 g/mol. The van der Waals surface area contributed by atoms with E-state index in [4.69, 9.17) is 0 Å². The first-order valence-electron chi connectivity index (χ1n) is 9.58. The van der Waals surface area contributed by atoms with Crippen molar-refractivity contribution in [2.75, 3.05) is 0 Å². The molecule has 0 radical (unpaired) electrons. The number of carbonyl (C=O) groups is 2. The molecule has 7 nitrogen and oxygen atoms in total. The summed E-state index contributed by atoms with van der Waals surface area (Å²) >= 11 is 0. The number of aliphatic hydroxyl groups excluding tert-OH is 1. The Morgan fingerprint density at radius 1 is 0.968 bits per heavy atom. The number of hydrogen-bond acceptors (Lipinski definition) is 6. The molecule has 2 atom stereocenters. The zero-order chi connectivity index (χ0) is 22.2. The fraction of sp³-hybridized carbons (Fsp3) is 0.125. The highest BCUT2D eigenvalue weighted by Gasteiger charge is 2.24. The Labute approximate surface area is 179 Å². The van der Waals surface area contributed by atoms with Crippen LogP contribution in [0.3, 0.4) is 0 Å². The van der Waals surface area contributed by atoms with Gasteiger partial charge in [-0.05, 0) is 35.4 Å². The van der Waals surface area contributed by atoms with E-state index >= 15 is 0 Å². The quantitative estimate of drug-likeness (QED) is 0.481. The van der Waals surface area contributed by atoms with Gasteiger partial charge in [-0.1, -0.05) is 54.6 Å². The first-order valence-corrected chi connectivity index (χ1v) is 9.58. The maximum Gasteiger partial charge on any atom is 0.225 e. The second-order valence-electron chi connectivity index (χ2n) is 6.88. The first kappa shape index (κ1) is 21.7. The largest absolute Gasteiger partial charge is 0.548 e. The minimum Gasteiger partial charge on any atom is -0.548 e. The van der Waals surface area contributed by atoms with Gasteiger partial charge in [-0.2, -0.15) is 0 Å². The third-order valence-corrected chi connectivity index (χ3v) is 4.62. The molecule has 0 spiro atoms. The third kappa shape index (κ3) is 6.01. The van der Waals surface area contributed by atoms with E-state index in [0.717, 1.165) is 5.56 Å². The fourth-order valence-electron chi connectivity index (χ4n) is 2.96. The number of nitrogens with one attached hydrogen (secondary N) is 1. The molecule has 7 heteroatoms. The Morgan fingerprint density at radius 3 is 2.26 bits per heavy atom. The lowest BCUT2D eigenvalue weighted by Crippen LogP contribution is -2.51. The van der Waals surface area contributed by atoms with Crippen LogP contribution < -0.4 is 10.4 Å². The molecular formula is C24H21N2O5-. The summed E-state index contributed by atoms with van der Waals surface area (Å²) in [5.41, 5.74) is 2.09. The molecule has 0 aromatic heterocycles. The van der Waals surface area contributed by atoms with Crippen LogP contribution in [0.15, 0.2) is 83.9 Å². The van der Waals surface area contributed by atoms with Gasteiger partial charge in [0, 0.05) is 11.8 Å². The van der Waals surface area contributed by atoms with Crippen LogP contribution in [0.2, 0.25) is 0 Å². The Hall–Kier alpha value is -3.97. The number of aromatic hydroxyl groups is 1. The summed E-state index contributed by atoms with van der Waals surface area (Å²) < 4.78 is 0. The molecule has 3 aromatic rings. The normalized spacial score (nSPS) is 12.9. The lowest BCUT2D eigenvalue weighted by Gasteiger charge is -2.25. The van der Waals surface area contributed by atoms with Crippen LogP contribution in [0.25, 0.3) is 0 Å². The average molecular weight is 417 g/mol. The molecule has 0 heterocycles. The smallest absolute Gasteiger partial charge is 0.225 e. The van der Waals surface area contributed by atoms with E-state index in [2.05, 4.69) is 10.3 Å². The molecule has 3 N–H and O–H groups in total. The lowest BCUT2D eigenvalue weighted by molar-refractivity contribution is -0.310. The zero-order valence-corrected chi connectivity index (χ0v) is 16.5. The van der Waals surface area contributed by atoms with E-state index in [9.17, 15) is 24.9 Å². The lowest BCUT2D eigenvalue weighted by atomic mass is 10.0. The number of carboxylic acids is 1. The second kappa shape index (κ2) is 10.2. The van der Waals surface area contributed by atoms with Gasteiger partial charge in [0.1, 0.15) is 11.9 Å². The van der Waals surface area contributed by atoms with Gasteiger partial charge < -0.3 is 25.4 Å². The molecule has 0 saturated carbocycles. The van der Waals surface area contributed by atoms with Gasteiger partial charge in [0.15, 0.2) is 0 Å². The number of carbonyl (C=O) groups excluding carboxylic acids is 2. The van der Waals surface area contributed by atoms with E-state index in [0.29, 0.717) is 11.3 Å². The van der Waals surface area contributed by atoms with Crippen LogP contribution in [-0.2, 0) is 16.0 Å². The topological polar surface area (TPSA) is 122 Å². The molecule has 1 amide bonds. The minimum atomic E-state index is -1.60. The number of para-hydroxylation sites is 1. The molecule has 3 rings (SSSR count). The Kier molecular flexibility index (Phi) is 7.13. The summed E-state index contributed by atoms with van der Waals surface area (Å²) in [7, 11) is 0. The van der Waals surface area contributed by atoms with E-state index in [1.54, 1.807) is 60.7 Å². The van der Waals surface area contributed by atoms with Gasteiger partial charge in [0.25, 0.3) is 0 Å². The number of hydrogen-bond donors (Lipinski definition) is 3. The highest BCUT2D eigenvalue weighted by molar-refractivity contribution is 5.85. The van der Waals surface area contributed by atoms with Gasteiger partial charge in [-0.15, -0.1) is 0 Å². The summed E-state index contributed by atoms with van der Waals surface area (Å²) in [5.74, 6) is -2.03. The predicted molar refractivity (Wildman–Crippen MR) is 114 cm³/mol. The van der Waals surface area contributed by atoms with Gasteiger partial charge >= 0.3 is 0 Å². The van der Waals surface area contributed by atoms with Crippen molar-refractivity contribution in [1.29, 1.82) is 0 Å². The zero-order valence-electron chi connectivity index (χ0n) is 16.5. The molecule has 158 valence electrons. The van der Waals surface area contributed by atoms with Crippen LogP contribution in [0.1, 0.15) is 22.8 Å². The van der Waals surface area contributed by atoms with Gasteiger partial charge in [-0.25, -0.2) is 0 Å². The number of benzene rings is 3. The molecule has 0 bridgehead atoms. The number of rotatable bonds is 8. The first-order chi connectivity index (χ1) is 14.9. The minimum absolute atomic E-state index is 0.0165. The molecule has 0 aliphatic rings. The van der Waals surface area contributed by atoms with E-state index < -0.39 is 24.0 Å². The van der Waals surface area contributed by atoms with Crippen molar-refractivity contribution in [3.8, 4) is 5.75 Å². The third-order valence-electron chi connectivity index (χ3n) is 4.62. The highest BCUT2D eigenvalue weighted by Crippen LogP contribution is 2.22. The number of phenolic OH excluding ortho intramolecular Hbond substituents is 1. The van der Waals surface area contributed by atoms with E-state index in [1.807, 2.05) is 6.07 Å². The van der Waals surface area contributed by atoms with Crippen LogP contribution in [0.4, 0.5) is 5.69 Å². The van der Waals surface area contributed by atoms with Crippen molar-refractivity contribution in [1.82, 2.24) is 5.32 Å². The summed E-state index contributed by atoms with van der Waals surface area (Å²) in [5, 5.41) is 34.1. The highest BCUT2D eigenvalue weighted by atomic mass is 16.4. The Morgan fingerprint density at radius 2 is 1.61 bits per heavy atom. The number of aliphatic hydroxyl groups is 1. The number of phenols is 1. The average Bonchev–Trinajstić information content (AvgIpc) is 2.77. The summed E-state index contributed by atoms with van der Waals surface area (Å²) in [6.45, 7) is 0. The number of aliphatic imine (C=N–C) groups is 1. The van der Waals surface area contributed by atoms with Crippen molar-refractivity contribution in [3.63, 3.8) is 0 Å². The summed E-state index contributed by atoms with van der Waals surface area (Å²) in [6.07, 6.45) is -0.0211. The fourth-order valence-corrected chi connectivity index (χ4v) is 2.96. The second-order valence-corrected chi connectivity index (χ2v) is 6.88. The van der Waals surface area contributed by atoms with E-state index in [-0.39, 0.29) is 17.7 Å². The van der Waals surface area contributed by atoms with Crippen molar-refractivity contribution >= 4 is 23.8 Å². The Balaban J connectivity index is 1.67. The molecule has 0 aliphatic heterocycles. The van der Waals surface area contributed by atoms with Crippen LogP contribution in [0.5, 0.6) is 5.75 Å². The molecule has 2 unspecified atom stereocenters. The molecule has 0 saturated heterocycles. The van der Waals surface area contributed by atoms with Gasteiger partial charge in [0.05, 0.1) is 24.1 Å². The molecule has 31 heavy (non-hydrogen) atoms. The standard InChI is InChI=1S/C24H22N2O5/c27-20-9-5-4-8-18(20)15-25-19-12-10-17(11-13-19)23(29)22(24(30)31)26-21(28)14-16-6-2-1-3-7-16/h1-13,15,22-23,27,29H,14H2,(H,26,28)(H,30,31)/p-1. The van der Waals surface area contributed by atoms with Gasteiger partial charge in [0.2, 0.25) is 5.91 Å². The van der Waals surface area contributed by atoms with Crippen LogP contribution >= 0.6 is 0 Å². The van der Waals surface area contributed by atoms with Crippen molar-refractivity contribution in [3.05, 3.63) is 95.6 Å². The number of nitrogens with zero attached hydrogens (tertiary/aromatic N) is 1. The Bertz CT molecular complexity index is 1060. The van der Waals surface area contributed by atoms with E-state index in [1.165, 1.54) is 18.3 Å². The van der Waals surface area contributed by atoms with Crippen LogP contribution in [0, 0.1) is 0 Å². The maximum absolute atomic E-state index is 12.2. The predicted octanol–water partition coefficient (Wildman–Crippen LogP) is 1.65. The number of carboxylic acid groups (broad SMARTS) is 1. The molecule has 0 aliphatic carbocycles. The van der Waals surface area contributed by atoms with Gasteiger partial charge in [-0.3, -0.25) is 9.79 Å². The van der Waals surface area contributed by atoms with Crippen molar-refractivity contribution in [2.24, 2.45) is 4.99 Å². The number of amides is 1. The monoisotopic (exact) mass is 417 g/mol. The maximum atomic E-state index is 12.2. The molecule has 3 aromatic carbocycles. The van der Waals surface area contributed by atoms with Crippen molar-refractivity contribution in [2.45, 2.75) is 18.6 Å².